The van der Waals surface area contributed by atoms with Gasteiger partial charge in [-0.15, -0.1) is 0 Å². The Balaban J connectivity index is 3.13. The van der Waals surface area contributed by atoms with Gasteiger partial charge in [-0.25, -0.2) is 8.78 Å². The van der Waals surface area contributed by atoms with Gasteiger partial charge in [0.25, 0.3) is 5.92 Å². The van der Waals surface area contributed by atoms with Crippen LogP contribution in [0.25, 0.3) is 0 Å². The summed E-state index contributed by atoms with van der Waals surface area (Å²) in [5.41, 5.74) is 0. The number of rotatable bonds is 9. The van der Waals surface area contributed by atoms with Crippen LogP contribution >= 0.6 is 0 Å². The first kappa shape index (κ1) is 13.7. The van der Waals surface area contributed by atoms with Gasteiger partial charge in [0, 0.05) is 6.61 Å². The lowest BCUT2D eigenvalue weighted by molar-refractivity contribution is -0.0474. The fraction of sp³-hybridized carbons (Fsp3) is 1.00. The molecule has 0 bridgehead atoms. The molecule has 0 aromatic heterocycles. The molecule has 0 aliphatic heterocycles. The van der Waals surface area contributed by atoms with Crippen molar-refractivity contribution < 1.29 is 19.0 Å². The molecule has 0 aliphatic carbocycles. The van der Waals surface area contributed by atoms with E-state index >= 15 is 0 Å². The number of halogens is 2. The summed E-state index contributed by atoms with van der Waals surface area (Å²) in [7, 11) is 0. The van der Waals surface area contributed by atoms with Crippen LogP contribution in [0.2, 0.25) is 0 Å². The molecule has 5 heteroatoms. The first-order chi connectivity index (χ1) is 6.62. The predicted octanol–water partition coefficient (Wildman–Crippen LogP) is 0.756. The van der Waals surface area contributed by atoms with Gasteiger partial charge in [-0.1, -0.05) is 12.8 Å². The molecule has 0 spiro atoms. The Morgan fingerprint density at radius 1 is 1.00 bits per heavy atom. The quantitative estimate of drug-likeness (QED) is 0.493. The molecule has 0 atom stereocenters. The summed E-state index contributed by atoms with van der Waals surface area (Å²) in [5.74, 6) is -3.01. The minimum absolute atomic E-state index is 0.190. The largest absolute Gasteiger partial charge is 0.396 e. The molecule has 0 heterocycles. The van der Waals surface area contributed by atoms with Gasteiger partial charge in [0.2, 0.25) is 0 Å². The van der Waals surface area contributed by atoms with Crippen LogP contribution in [0.3, 0.4) is 0 Å². The lowest BCUT2D eigenvalue weighted by atomic mass is 10.2. The van der Waals surface area contributed by atoms with E-state index in [9.17, 15) is 8.78 Å². The Bertz CT molecular complexity index is 134. The lowest BCUT2D eigenvalue weighted by Crippen LogP contribution is -2.36. The molecule has 0 aliphatic rings. The van der Waals surface area contributed by atoms with E-state index < -0.39 is 19.1 Å². The van der Waals surface area contributed by atoms with Crippen molar-refractivity contribution in [3.63, 3.8) is 0 Å². The molecule has 3 N–H and O–H groups in total. The Morgan fingerprint density at radius 3 is 2.21 bits per heavy atom. The SMILES string of the molecule is OCCCCCCNCC(F)(F)CO. The van der Waals surface area contributed by atoms with E-state index in [1.165, 1.54) is 0 Å². The smallest absolute Gasteiger partial charge is 0.282 e. The molecule has 0 aromatic rings. The van der Waals surface area contributed by atoms with Crippen LogP contribution < -0.4 is 5.32 Å². The number of nitrogens with one attached hydrogen (secondary N) is 1. The molecule has 86 valence electrons. The summed E-state index contributed by atoms with van der Waals surface area (Å²) in [5, 5.41) is 19.3. The third-order valence-corrected chi connectivity index (χ3v) is 1.88. The Hall–Kier alpha value is -0.260. The van der Waals surface area contributed by atoms with Crippen molar-refractivity contribution in [3.05, 3.63) is 0 Å². The van der Waals surface area contributed by atoms with Gasteiger partial charge in [-0.3, -0.25) is 0 Å². The summed E-state index contributed by atoms with van der Waals surface area (Å²) in [6.45, 7) is -0.856. The first-order valence-corrected chi connectivity index (χ1v) is 4.92. The number of alkyl halides is 2. The van der Waals surface area contributed by atoms with Crippen molar-refractivity contribution in [3.8, 4) is 0 Å². The molecule has 3 nitrogen and oxygen atoms in total. The van der Waals surface area contributed by atoms with E-state index in [1.54, 1.807) is 0 Å². The highest BCUT2D eigenvalue weighted by Crippen LogP contribution is 2.09. The summed E-state index contributed by atoms with van der Waals surface area (Å²) < 4.78 is 24.9. The van der Waals surface area contributed by atoms with Crippen LogP contribution in [-0.2, 0) is 0 Å². The summed E-state index contributed by atoms with van der Waals surface area (Å²) in [4.78, 5) is 0. The average Bonchev–Trinajstić information content (AvgIpc) is 2.16. The topological polar surface area (TPSA) is 52.5 Å². The Morgan fingerprint density at radius 2 is 1.64 bits per heavy atom. The van der Waals surface area contributed by atoms with E-state index in [4.69, 9.17) is 10.2 Å². The minimum Gasteiger partial charge on any atom is -0.396 e. The average molecular weight is 211 g/mol. The second kappa shape index (κ2) is 8.08. The van der Waals surface area contributed by atoms with Crippen molar-refractivity contribution in [1.82, 2.24) is 5.32 Å². The Labute approximate surface area is 83.1 Å². The number of aliphatic hydroxyl groups excluding tert-OH is 2. The third-order valence-electron chi connectivity index (χ3n) is 1.88. The third kappa shape index (κ3) is 8.34. The zero-order chi connectivity index (χ0) is 10.9. The van der Waals surface area contributed by atoms with E-state index in [1.807, 2.05) is 0 Å². The highest BCUT2D eigenvalue weighted by molar-refractivity contribution is 4.67. The Kier molecular flexibility index (Phi) is 7.93. The number of hydrogen-bond donors (Lipinski definition) is 3. The second-order valence-electron chi connectivity index (χ2n) is 3.33. The fourth-order valence-electron chi connectivity index (χ4n) is 1.04. The lowest BCUT2D eigenvalue weighted by Gasteiger charge is -2.13. The standard InChI is InChI=1S/C9H19F2NO2/c10-9(11,8-14)7-12-5-3-1-2-4-6-13/h12-14H,1-8H2. The fourth-order valence-corrected chi connectivity index (χ4v) is 1.04. The maximum Gasteiger partial charge on any atom is 0.282 e. The monoisotopic (exact) mass is 211 g/mol. The van der Waals surface area contributed by atoms with Gasteiger partial charge in [-0.05, 0) is 19.4 Å². The van der Waals surface area contributed by atoms with Crippen LogP contribution in [0.1, 0.15) is 25.7 Å². The van der Waals surface area contributed by atoms with Gasteiger partial charge in [0.15, 0.2) is 0 Å². The van der Waals surface area contributed by atoms with Crippen LogP contribution in [-0.4, -0.2) is 42.4 Å². The highest BCUT2D eigenvalue weighted by atomic mass is 19.3. The number of unbranched alkanes of at least 4 members (excludes halogenated alkanes) is 3. The van der Waals surface area contributed by atoms with Crippen LogP contribution in [0.15, 0.2) is 0 Å². The highest BCUT2D eigenvalue weighted by Gasteiger charge is 2.26. The molecule has 0 fully saturated rings. The first-order valence-electron chi connectivity index (χ1n) is 4.92. The molecule has 0 saturated carbocycles. The minimum atomic E-state index is -3.01. The zero-order valence-electron chi connectivity index (χ0n) is 8.31. The van der Waals surface area contributed by atoms with E-state index in [0.717, 1.165) is 25.7 Å². The molecule has 0 unspecified atom stereocenters. The maximum absolute atomic E-state index is 12.4. The maximum atomic E-state index is 12.4. The van der Waals surface area contributed by atoms with Crippen molar-refractivity contribution in [2.45, 2.75) is 31.6 Å². The second-order valence-corrected chi connectivity index (χ2v) is 3.33. The van der Waals surface area contributed by atoms with Gasteiger partial charge >= 0.3 is 0 Å². The van der Waals surface area contributed by atoms with Crippen molar-refractivity contribution in [1.29, 1.82) is 0 Å². The molecule has 0 amide bonds. The summed E-state index contributed by atoms with van der Waals surface area (Å²) >= 11 is 0. The van der Waals surface area contributed by atoms with Crippen molar-refractivity contribution in [2.75, 3.05) is 26.3 Å². The van der Waals surface area contributed by atoms with E-state index in [0.29, 0.717) is 6.54 Å². The molecule has 0 radical (unpaired) electrons. The van der Waals surface area contributed by atoms with Crippen LogP contribution in [0.5, 0.6) is 0 Å². The van der Waals surface area contributed by atoms with Crippen LogP contribution in [0.4, 0.5) is 8.78 Å². The molecule has 14 heavy (non-hydrogen) atoms. The number of aliphatic hydroxyl groups is 2. The number of hydrogen-bond acceptors (Lipinski definition) is 3. The van der Waals surface area contributed by atoms with Crippen LogP contribution in [0, 0.1) is 0 Å². The van der Waals surface area contributed by atoms with Crippen molar-refractivity contribution in [2.24, 2.45) is 0 Å². The van der Waals surface area contributed by atoms with Gasteiger partial charge in [0.1, 0.15) is 6.61 Å². The summed E-state index contributed by atoms with van der Waals surface area (Å²) in [6, 6.07) is 0. The molecule has 0 rings (SSSR count). The van der Waals surface area contributed by atoms with E-state index in [-0.39, 0.29) is 6.61 Å². The molecular weight excluding hydrogens is 192 g/mol. The van der Waals surface area contributed by atoms with Crippen molar-refractivity contribution >= 4 is 0 Å². The predicted molar refractivity (Wildman–Crippen MR) is 50.5 cm³/mol. The normalized spacial score (nSPS) is 12.0. The molecule has 0 aromatic carbocycles. The molecular formula is C9H19F2NO2. The summed E-state index contributed by atoms with van der Waals surface area (Å²) in [6.07, 6.45) is 3.45. The zero-order valence-corrected chi connectivity index (χ0v) is 8.31. The van der Waals surface area contributed by atoms with Gasteiger partial charge in [0.05, 0.1) is 6.54 Å². The van der Waals surface area contributed by atoms with Gasteiger partial charge in [-0.2, -0.15) is 0 Å². The van der Waals surface area contributed by atoms with Gasteiger partial charge < -0.3 is 15.5 Å². The van der Waals surface area contributed by atoms with E-state index in [2.05, 4.69) is 5.32 Å². The molecule has 0 saturated heterocycles.